The van der Waals surface area contributed by atoms with E-state index in [9.17, 15) is 18.5 Å². The van der Waals surface area contributed by atoms with Gasteiger partial charge in [0.2, 0.25) is 5.91 Å². The molecule has 0 saturated heterocycles. The lowest BCUT2D eigenvalue weighted by molar-refractivity contribution is -0.115. The summed E-state index contributed by atoms with van der Waals surface area (Å²) in [5, 5.41) is 13.2. The largest absolute Gasteiger partial charge is 0.316 e. The number of aryl methyl sites for hydroxylation is 1. The molecular formula is C25H25N3O3S2. The van der Waals surface area contributed by atoms with E-state index < -0.39 is 9.84 Å². The lowest BCUT2D eigenvalue weighted by Crippen LogP contribution is -2.29. The molecule has 0 aliphatic carbocycles. The summed E-state index contributed by atoms with van der Waals surface area (Å²) in [5.41, 5.74) is 4.82. The van der Waals surface area contributed by atoms with Crippen molar-refractivity contribution in [2.45, 2.75) is 37.8 Å². The molecule has 0 radical (unpaired) electrons. The van der Waals surface area contributed by atoms with E-state index >= 15 is 0 Å². The molecule has 2 aromatic carbocycles. The van der Waals surface area contributed by atoms with Crippen molar-refractivity contribution in [1.82, 2.24) is 4.90 Å². The smallest absolute Gasteiger partial charge is 0.229 e. The number of amides is 1. The highest BCUT2D eigenvalue weighted by atomic mass is 32.2. The number of nitrogens with zero attached hydrogens (tertiary/aromatic N) is 2. The highest BCUT2D eigenvalue weighted by molar-refractivity contribution is 7.90. The molecule has 0 bridgehead atoms. The van der Waals surface area contributed by atoms with E-state index in [1.807, 2.05) is 0 Å². The lowest BCUT2D eigenvalue weighted by atomic mass is 10.0. The van der Waals surface area contributed by atoms with Crippen molar-refractivity contribution in [2.24, 2.45) is 0 Å². The van der Waals surface area contributed by atoms with E-state index in [2.05, 4.69) is 47.5 Å². The predicted molar refractivity (Wildman–Crippen MR) is 130 cm³/mol. The third kappa shape index (κ3) is 5.50. The Bertz CT molecular complexity index is 1340. The number of anilines is 1. The van der Waals surface area contributed by atoms with Gasteiger partial charge in [-0.05, 0) is 42.2 Å². The Hall–Kier alpha value is -2.99. The van der Waals surface area contributed by atoms with Crippen molar-refractivity contribution in [3.05, 3.63) is 81.2 Å². The summed E-state index contributed by atoms with van der Waals surface area (Å²) in [7, 11) is -3.27. The molecule has 3 aromatic rings. The first-order valence-electron chi connectivity index (χ1n) is 10.6. The molecule has 2 heterocycles. The summed E-state index contributed by atoms with van der Waals surface area (Å²) in [5.74, 6) is -0.228. The van der Waals surface area contributed by atoms with Crippen LogP contribution in [-0.4, -0.2) is 32.0 Å². The maximum absolute atomic E-state index is 12.6. The van der Waals surface area contributed by atoms with Gasteiger partial charge in [-0.1, -0.05) is 42.0 Å². The van der Waals surface area contributed by atoms with E-state index in [0.717, 1.165) is 42.8 Å². The summed E-state index contributed by atoms with van der Waals surface area (Å²) in [6.07, 6.45) is 2.04. The Labute approximate surface area is 198 Å². The van der Waals surface area contributed by atoms with Gasteiger partial charge in [0.05, 0.1) is 16.9 Å². The van der Waals surface area contributed by atoms with E-state index in [4.69, 9.17) is 0 Å². The third-order valence-electron chi connectivity index (χ3n) is 5.71. The molecule has 8 heteroatoms. The summed E-state index contributed by atoms with van der Waals surface area (Å²) in [4.78, 5) is 16.3. The second-order valence-corrected chi connectivity index (χ2v) is 11.5. The lowest BCUT2D eigenvalue weighted by Gasteiger charge is -2.26. The fraction of sp³-hybridized carbons (Fsp3) is 0.280. The molecule has 1 aromatic heterocycles. The second kappa shape index (κ2) is 9.48. The van der Waals surface area contributed by atoms with Crippen LogP contribution in [0.15, 0.2) is 53.4 Å². The van der Waals surface area contributed by atoms with Crippen LogP contribution in [0.25, 0.3) is 0 Å². The number of nitrogens with one attached hydrogen (secondary N) is 1. The second-order valence-electron chi connectivity index (χ2n) is 8.41. The van der Waals surface area contributed by atoms with Gasteiger partial charge in [-0.3, -0.25) is 9.69 Å². The highest BCUT2D eigenvalue weighted by Crippen LogP contribution is 2.37. The van der Waals surface area contributed by atoms with E-state index in [1.165, 1.54) is 34.6 Å². The van der Waals surface area contributed by atoms with Gasteiger partial charge < -0.3 is 5.32 Å². The van der Waals surface area contributed by atoms with Crippen LogP contribution >= 0.6 is 11.3 Å². The van der Waals surface area contributed by atoms with Gasteiger partial charge in [0.1, 0.15) is 11.1 Å². The molecule has 1 aliphatic rings. The van der Waals surface area contributed by atoms with Crippen LogP contribution < -0.4 is 5.32 Å². The van der Waals surface area contributed by atoms with Crippen molar-refractivity contribution < 1.29 is 13.2 Å². The van der Waals surface area contributed by atoms with Crippen LogP contribution in [0.2, 0.25) is 0 Å². The Morgan fingerprint density at radius 1 is 1.18 bits per heavy atom. The van der Waals surface area contributed by atoms with Gasteiger partial charge in [0.15, 0.2) is 9.84 Å². The standard InChI is InChI=1S/C25H25N3O3S2/c1-17-4-3-5-19(12-17)15-28-11-10-21-22(14-26)25(32-23(21)16-28)27-24(29)13-18-6-8-20(9-7-18)33(2,30)31/h3-9,12H,10-11,13,15-16H2,1-2H3,(H,27,29). The van der Waals surface area contributed by atoms with Crippen molar-refractivity contribution in [3.8, 4) is 6.07 Å². The van der Waals surface area contributed by atoms with Crippen molar-refractivity contribution in [1.29, 1.82) is 5.26 Å². The van der Waals surface area contributed by atoms with Gasteiger partial charge in [0.25, 0.3) is 0 Å². The van der Waals surface area contributed by atoms with Crippen LogP contribution in [0.1, 0.15) is 32.7 Å². The van der Waals surface area contributed by atoms with Crippen LogP contribution in [-0.2, 0) is 40.6 Å². The van der Waals surface area contributed by atoms with Crippen molar-refractivity contribution in [2.75, 3.05) is 18.1 Å². The molecule has 0 spiro atoms. The van der Waals surface area contributed by atoms with Gasteiger partial charge in [-0.2, -0.15) is 5.26 Å². The summed E-state index contributed by atoms with van der Waals surface area (Å²) in [6.45, 7) is 4.56. The average molecular weight is 480 g/mol. The molecular weight excluding hydrogens is 454 g/mol. The number of carbonyl (C=O) groups is 1. The third-order valence-corrected chi connectivity index (χ3v) is 7.97. The minimum atomic E-state index is -3.27. The summed E-state index contributed by atoms with van der Waals surface area (Å²) < 4.78 is 23.2. The van der Waals surface area contributed by atoms with E-state index in [-0.39, 0.29) is 17.2 Å². The maximum Gasteiger partial charge on any atom is 0.229 e. The number of fused-ring (bicyclic) bond motifs is 1. The van der Waals surface area contributed by atoms with E-state index in [0.29, 0.717) is 16.1 Å². The first kappa shape index (κ1) is 23.2. The number of benzene rings is 2. The van der Waals surface area contributed by atoms with E-state index in [1.54, 1.807) is 12.1 Å². The fourth-order valence-corrected chi connectivity index (χ4v) is 5.96. The molecule has 4 rings (SSSR count). The number of carbonyl (C=O) groups excluding carboxylic acids is 1. The molecule has 0 fully saturated rings. The van der Waals surface area contributed by atoms with Gasteiger partial charge in [0, 0.05) is 30.8 Å². The molecule has 0 atom stereocenters. The molecule has 1 amide bonds. The van der Waals surface area contributed by atoms with Gasteiger partial charge in [-0.15, -0.1) is 11.3 Å². The molecule has 0 saturated carbocycles. The Kier molecular flexibility index (Phi) is 6.66. The molecule has 6 nitrogen and oxygen atoms in total. The predicted octanol–water partition coefficient (Wildman–Crippen LogP) is 4.07. The number of rotatable bonds is 6. The van der Waals surface area contributed by atoms with Crippen LogP contribution in [0, 0.1) is 18.3 Å². The molecule has 1 N–H and O–H groups in total. The zero-order valence-electron chi connectivity index (χ0n) is 18.6. The maximum atomic E-state index is 12.6. The minimum absolute atomic E-state index is 0.108. The Morgan fingerprint density at radius 3 is 2.61 bits per heavy atom. The topological polar surface area (TPSA) is 90.3 Å². The van der Waals surface area contributed by atoms with Gasteiger partial charge in [-0.25, -0.2) is 8.42 Å². The SMILES string of the molecule is Cc1cccc(CN2CCc3c(sc(NC(=O)Cc4ccc(S(C)(=O)=O)cc4)c3C#N)C2)c1. The number of thiophene rings is 1. The molecule has 0 unspecified atom stereocenters. The van der Waals surface area contributed by atoms with Crippen LogP contribution in [0.4, 0.5) is 5.00 Å². The zero-order chi connectivity index (χ0) is 23.6. The van der Waals surface area contributed by atoms with Gasteiger partial charge >= 0.3 is 0 Å². The molecule has 1 aliphatic heterocycles. The van der Waals surface area contributed by atoms with Crippen molar-refractivity contribution in [3.63, 3.8) is 0 Å². The first-order valence-corrected chi connectivity index (χ1v) is 13.3. The van der Waals surface area contributed by atoms with Crippen LogP contribution in [0.5, 0.6) is 0 Å². The molecule has 170 valence electrons. The zero-order valence-corrected chi connectivity index (χ0v) is 20.2. The number of sulfone groups is 1. The number of hydrogen-bond donors (Lipinski definition) is 1. The first-order chi connectivity index (χ1) is 15.7. The number of hydrogen-bond acceptors (Lipinski definition) is 6. The minimum Gasteiger partial charge on any atom is -0.316 e. The fourth-order valence-electron chi connectivity index (χ4n) is 4.08. The Morgan fingerprint density at radius 2 is 1.94 bits per heavy atom. The monoisotopic (exact) mass is 479 g/mol. The Balaban J connectivity index is 1.44. The van der Waals surface area contributed by atoms with Crippen LogP contribution in [0.3, 0.4) is 0 Å². The summed E-state index contributed by atoms with van der Waals surface area (Å²) >= 11 is 1.47. The average Bonchev–Trinajstić information content (AvgIpc) is 3.09. The van der Waals surface area contributed by atoms with Crippen molar-refractivity contribution >= 4 is 32.1 Å². The quantitative estimate of drug-likeness (QED) is 0.576. The highest BCUT2D eigenvalue weighted by Gasteiger charge is 2.25. The summed E-state index contributed by atoms with van der Waals surface area (Å²) in [6, 6.07) is 17.1. The molecule has 33 heavy (non-hydrogen) atoms. The normalized spacial score (nSPS) is 13.8. The number of nitriles is 1.